The molecule has 0 aliphatic rings. The highest BCUT2D eigenvalue weighted by Gasteiger charge is 2.10. The predicted octanol–water partition coefficient (Wildman–Crippen LogP) is 0.749. The van der Waals surface area contributed by atoms with Crippen LogP contribution in [0.2, 0.25) is 0 Å². The van der Waals surface area contributed by atoms with Gasteiger partial charge in [0.2, 0.25) is 0 Å². The summed E-state index contributed by atoms with van der Waals surface area (Å²) in [7, 11) is 5.63. The lowest BCUT2D eigenvalue weighted by Crippen LogP contribution is -2.14. The molecule has 1 atom stereocenters. The van der Waals surface area contributed by atoms with Crippen LogP contribution in [-0.4, -0.2) is 37.8 Å². The van der Waals surface area contributed by atoms with Crippen LogP contribution in [0.3, 0.4) is 0 Å². The molecule has 0 fully saturated rings. The number of ether oxygens (including phenoxy) is 1. The third-order valence-electron chi connectivity index (χ3n) is 2.40. The number of methoxy groups -OCH3 is 1. The van der Waals surface area contributed by atoms with Crippen molar-refractivity contribution in [3.63, 3.8) is 0 Å². The van der Waals surface area contributed by atoms with E-state index in [1.807, 2.05) is 32.3 Å². The number of nitrogens with zero attached hydrogens (tertiary/aromatic N) is 1. The molecule has 0 aromatic heterocycles. The molecule has 90 valence electrons. The van der Waals surface area contributed by atoms with E-state index < -0.39 is 6.10 Å². The van der Waals surface area contributed by atoms with E-state index in [0.717, 1.165) is 23.4 Å². The SMILES string of the molecule is COc1ccc([C@@H](O)CN)cc1CN(C)C. The van der Waals surface area contributed by atoms with E-state index in [0.29, 0.717) is 0 Å². The Morgan fingerprint density at radius 2 is 2.12 bits per heavy atom. The largest absolute Gasteiger partial charge is 0.496 e. The molecule has 0 saturated carbocycles. The Labute approximate surface area is 96.6 Å². The summed E-state index contributed by atoms with van der Waals surface area (Å²) in [6.07, 6.45) is -0.605. The number of aliphatic hydroxyl groups excluding tert-OH is 1. The van der Waals surface area contributed by atoms with E-state index in [1.165, 1.54) is 0 Å². The van der Waals surface area contributed by atoms with Gasteiger partial charge in [0.25, 0.3) is 0 Å². The number of hydrogen-bond acceptors (Lipinski definition) is 4. The molecule has 0 radical (unpaired) electrons. The monoisotopic (exact) mass is 224 g/mol. The van der Waals surface area contributed by atoms with Crippen LogP contribution in [0.15, 0.2) is 18.2 Å². The third-order valence-corrected chi connectivity index (χ3v) is 2.40. The second-order valence-corrected chi connectivity index (χ2v) is 4.06. The first-order valence-corrected chi connectivity index (χ1v) is 5.28. The third kappa shape index (κ3) is 3.20. The standard InChI is InChI=1S/C12H20N2O2/c1-14(2)8-10-6-9(11(15)7-13)4-5-12(10)16-3/h4-6,11,15H,7-8,13H2,1-3H3/t11-/m0/s1. The molecule has 1 aromatic rings. The van der Waals surface area contributed by atoms with Gasteiger partial charge in [-0.25, -0.2) is 0 Å². The molecule has 0 bridgehead atoms. The molecule has 0 saturated heterocycles. The molecule has 0 amide bonds. The predicted molar refractivity (Wildman–Crippen MR) is 64.4 cm³/mol. The van der Waals surface area contributed by atoms with E-state index in [1.54, 1.807) is 7.11 Å². The Bertz CT molecular complexity index is 340. The van der Waals surface area contributed by atoms with Crippen molar-refractivity contribution in [3.05, 3.63) is 29.3 Å². The summed E-state index contributed by atoms with van der Waals surface area (Å²) >= 11 is 0. The Morgan fingerprint density at radius 1 is 1.44 bits per heavy atom. The van der Waals surface area contributed by atoms with Crippen LogP contribution >= 0.6 is 0 Å². The minimum absolute atomic E-state index is 0.230. The van der Waals surface area contributed by atoms with Crippen molar-refractivity contribution < 1.29 is 9.84 Å². The van der Waals surface area contributed by atoms with Gasteiger partial charge in [-0.2, -0.15) is 0 Å². The van der Waals surface area contributed by atoms with Gasteiger partial charge >= 0.3 is 0 Å². The van der Waals surface area contributed by atoms with Gasteiger partial charge in [0, 0.05) is 18.7 Å². The molecule has 1 aromatic carbocycles. The second kappa shape index (κ2) is 5.84. The van der Waals surface area contributed by atoms with Gasteiger partial charge in [0.1, 0.15) is 5.75 Å². The van der Waals surface area contributed by atoms with E-state index in [2.05, 4.69) is 4.90 Å². The number of benzene rings is 1. The van der Waals surface area contributed by atoms with E-state index in [4.69, 9.17) is 10.5 Å². The summed E-state index contributed by atoms with van der Waals surface area (Å²) in [6.45, 7) is 1.00. The quantitative estimate of drug-likeness (QED) is 0.775. The smallest absolute Gasteiger partial charge is 0.123 e. The van der Waals surface area contributed by atoms with Gasteiger partial charge in [-0.05, 0) is 31.8 Å². The minimum Gasteiger partial charge on any atom is -0.496 e. The molecule has 4 nitrogen and oxygen atoms in total. The van der Waals surface area contributed by atoms with Gasteiger partial charge in [-0.3, -0.25) is 0 Å². The summed E-state index contributed by atoms with van der Waals surface area (Å²) in [5.41, 5.74) is 7.32. The highest BCUT2D eigenvalue weighted by molar-refractivity contribution is 5.38. The van der Waals surface area contributed by atoms with Gasteiger partial charge in [-0.1, -0.05) is 6.07 Å². The van der Waals surface area contributed by atoms with Crippen LogP contribution in [0.5, 0.6) is 5.75 Å². The Kier molecular flexibility index (Phi) is 4.73. The highest BCUT2D eigenvalue weighted by Crippen LogP contribution is 2.23. The molecule has 0 unspecified atom stereocenters. The zero-order valence-electron chi connectivity index (χ0n) is 10.1. The lowest BCUT2D eigenvalue weighted by molar-refractivity contribution is 0.186. The van der Waals surface area contributed by atoms with Crippen LogP contribution in [0.4, 0.5) is 0 Å². The number of nitrogens with two attached hydrogens (primary N) is 1. The second-order valence-electron chi connectivity index (χ2n) is 4.06. The fourth-order valence-corrected chi connectivity index (χ4v) is 1.61. The van der Waals surface area contributed by atoms with Crippen molar-refractivity contribution in [1.82, 2.24) is 4.90 Å². The first-order chi connectivity index (χ1) is 7.58. The number of hydrogen-bond donors (Lipinski definition) is 2. The van der Waals surface area contributed by atoms with Crippen molar-refractivity contribution in [1.29, 1.82) is 0 Å². The van der Waals surface area contributed by atoms with Gasteiger partial charge in [0.15, 0.2) is 0 Å². The van der Waals surface area contributed by atoms with Gasteiger partial charge in [0.05, 0.1) is 13.2 Å². The van der Waals surface area contributed by atoms with E-state index in [9.17, 15) is 5.11 Å². The molecule has 16 heavy (non-hydrogen) atoms. The van der Waals surface area contributed by atoms with E-state index in [-0.39, 0.29) is 6.54 Å². The Hall–Kier alpha value is -1.10. The molecule has 4 heteroatoms. The molecule has 0 spiro atoms. The molecule has 3 N–H and O–H groups in total. The minimum atomic E-state index is -0.605. The lowest BCUT2D eigenvalue weighted by atomic mass is 10.0. The summed E-state index contributed by atoms with van der Waals surface area (Å²) < 4.78 is 5.28. The Morgan fingerprint density at radius 3 is 2.62 bits per heavy atom. The molecule has 0 heterocycles. The molecular weight excluding hydrogens is 204 g/mol. The maximum absolute atomic E-state index is 9.67. The van der Waals surface area contributed by atoms with Crippen LogP contribution in [-0.2, 0) is 6.54 Å². The van der Waals surface area contributed by atoms with Gasteiger partial charge < -0.3 is 20.5 Å². The van der Waals surface area contributed by atoms with Crippen LogP contribution in [0.1, 0.15) is 17.2 Å². The van der Waals surface area contributed by atoms with Crippen LogP contribution in [0, 0.1) is 0 Å². The molecule has 0 aliphatic heterocycles. The fourth-order valence-electron chi connectivity index (χ4n) is 1.61. The van der Waals surface area contributed by atoms with Crippen molar-refractivity contribution in [3.8, 4) is 5.75 Å². The zero-order valence-corrected chi connectivity index (χ0v) is 10.1. The van der Waals surface area contributed by atoms with E-state index >= 15 is 0 Å². The van der Waals surface area contributed by atoms with Crippen molar-refractivity contribution in [2.45, 2.75) is 12.6 Å². The summed E-state index contributed by atoms with van der Waals surface area (Å²) in [5.74, 6) is 0.835. The number of rotatable bonds is 5. The summed E-state index contributed by atoms with van der Waals surface area (Å²) in [4.78, 5) is 2.05. The first-order valence-electron chi connectivity index (χ1n) is 5.28. The van der Waals surface area contributed by atoms with Crippen molar-refractivity contribution in [2.75, 3.05) is 27.7 Å². The molecule has 1 rings (SSSR count). The van der Waals surface area contributed by atoms with Crippen molar-refractivity contribution in [2.24, 2.45) is 5.73 Å². The van der Waals surface area contributed by atoms with Gasteiger partial charge in [-0.15, -0.1) is 0 Å². The highest BCUT2D eigenvalue weighted by atomic mass is 16.5. The summed E-state index contributed by atoms with van der Waals surface area (Å²) in [5, 5.41) is 9.67. The van der Waals surface area contributed by atoms with Crippen LogP contribution < -0.4 is 10.5 Å². The first kappa shape index (κ1) is 13.0. The Balaban J connectivity index is 3.00. The fraction of sp³-hybridized carbons (Fsp3) is 0.500. The topological polar surface area (TPSA) is 58.7 Å². The van der Waals surface area contributed by atoms with Crippen LogP contribution in [0.25, 0.3) is 0 Å². The summed E-state index contributed by atoms with van der Waals surface area (Å²) in [6, 6.07) is 5.65. The van der Waals surface area contributed by atoms with Crippen molar-refractivity contribution >= 4 is 0 Å². The molecule has 0 aliphatic carbocycles. The normalized spacial score (nSPS) is 12.9. The zero-order chi connectivity index (χ0) is 12.1. The maximum atomic E-state index is 9.67. The molecular formula is C12H20N2O2. The number of aliphatic hydroxyl groups is 1. The average Bonchev–Trinajstić information content (AvgIpc) is 2.27. The average molecular weight is 224 g/mol. The maximum Gasteiger partial charge on any atom is 0.123 e. The lowest BCUT2D eigenvalue weighted by Gasteiger charge is -2.16.